The Morgan fingerprint density at radius 2 is 1.43 bits per heavy atom. The van der Waals surface area contributed by atoms with Crippen LogP contribution >= 0.6 is 7.81 Å². The Hall–Kier alpha value is -2.11. The van der Waals surface area contributed by atoms with E-state index in [1.807, 2.05) is 4.90 Å². The number of hydrogen-bond donors (Lipinski definition) is 0. The molecule has 0 spiro atoms. The number of oxime groups is 1. The molecule has 2 saturated heterocycles. The number of likely N-dealkylation sites (tertiary alicyclic amines) is 1. The average molecular weight is 443 g/mol. The van der Waals surface area contributed by atoms with Crippen molar-refractivity contribution in [1.82, 2.24) is 4.90 Å². The van der Waals surface area contributed by atoms with E-state index in [0.29, 0.717) is 6.02 Å². The molecule has 0 unspecified atom stereocenters. The van der Waals surface area contributed by atoms with E-state index in [1.165, 1.54) is 13.8 Å². The Bertz CT molecular complexity index is 676. The Labute approximate surface area is 155 Å². The second kappa shape index (κ2) is 7.05. The zero-order chi connectivity index (χ0) is 22.0. The predicted octanol–water partition coefficient (Wildman–Crippen LogP) is 3.30. The van der Waals surface area contributed by atoms with Gasteiger partial charge in [-0.05, 0) is 12.8 Å². The third-order valence-electron chi connectivity index (χ3n) is 3.04. The predicted molar refractivity (Wildman–Crippen MR) is 86.3 cm³/mol. The Morgan fingerprint density at radius 1 is 1.04 bits per heavy atom. The van der Waals surface area contributed by atoms with E-state index in [2.05, 4.69) is 5.16 Å². The Balaban J connectivity index is 0.000000480. The SMILES string of the molecule is C[N+](C)=C(ON=C1C(=O)OC(C)(C)OC1=O)N1CCCC1.F[P-](F)(F)(F)(F)F. The maximum absolute atomic E-state index is 11.8. The number of ether oxygens (including phenoxy) is 2. The van der Waals surface area contributed by atoms with Crippen molar-refractivity contribution in [1.29, 1.82) is 0 Å². The fourth-order valence-corrected chi connectivity index (χ4v) is 2.14. The number of carbonyl (C=O) groups is 2. The first-order valence-corrected chi connectivity index (χ1v) is 9.85. The molecule has 164 valence electrons. The van der Waals surface area contributed by atoms with Crippen LogP contribution in [0.5, 0.6) is 0 Å². The summed E-state index contributed by atoms with van der Waals surface area (Å²) in [4.78, 5) is 30.8. The van der Waals surface area contributed by atoms with Gasteiger partial charge in [0.1, 0.15) is 0 Å². The Morgan fingerprint density at radius 3 is 1.79 bits per heavy atom. The van der Waals surface area contributed by atoms with Crippen LogP contribution in [0, 0.1) is 0 Å². The van der Waals surface area contributed by atoms with Crippen LogP contribution in [-0.4, -0.2) is 66.1 Å². The number of rotatable bonds is 1. The number of carbonyl (C=O) groups excluding carboxylic acids is 2. The van der Waals surface area contributed by atoms with Crippen LogP contribution in [0.4, 0.5) is 25.2 Å². The summed E-state index contributed by atoms with van der Waals surface area (Å²) in [5, 5.41) is 3.62. The van der Waals surface area contributed by atoms with Gasteiger partial charge in [0.05, 0.1) is 27.2 Å². The van der Waals surface area contributed by atoms with Crippen LogP contribution in [0.2, 0.25) is 0 Å². The summed E-state index contributed by atoms with van der Waals surface area (Å²) in [6.45, 7) is 4.64. The summed E-state index contributed by atoms with van der Waals surface area (Å²) >= 11 is 0. The van der Waals surface area contributed by atoms with Crippen molar-refractivity contribution in [2.24, 2.45) is 5.16 Å². The Kier molecular flexibility index (Phi) is 6.02. The molecule has 0 saturated carbocycles. The number of halogens is 6. The zero-order valence-electron chi connectivity index (χ0n) is 15.4. The van der Waals surface area contributed by atoms with E-state index >= 15 is 0 Å². The van der Waals surface area contributed by atoms with Crippen LogP contribution in [-0.2, 0) is 23.9 Å². The molecule has 0 atom stereocenters. The first-order valence-electron chi connectivity index (χ1n) is 7.82. The number of cyclic esters (lactones) is 2. The first kappa shape index (κ1) is 23.9. The van der Waals surface area contributed by atoms with E-state index in [-0.39, 0.29) is 0 Å². The molecule has 28 heavy (non-hydrogen) atoms. The molecule has 15 heteroatoms. The van der Waals surface area contributed by atoms with Crippen LogP contribution in [0.1, 0.15) is 26.7 Å². The van der Waals surface area contributed by atoms with Gasteiger partial charge in [0.25, 0.3) is 11.5 Å². The van der Waals surface area contributed by atoms with E-state index in [1.54, 1.807) is 18.7 Å². The van der Waals surface area contributed by atoms with Gasteiger partial charge in [-0.2, -0.15) is 0 Å². The standard InChI is InChI=1S/C13H20N3O5.F6P/c1-13(2)19-10(17)9(11(18)20-13)14-21-12(15(3)4)16-7-5-6-8-16;1-7(2,3,4,5)6/h5-8H2,1-4H3;/q+1;-1. The van der Waals surface area contributed by atoms with Gasteiger partial charge in [-0.25, -0.2) is 19.1 Å². The van der Waals surface area contributed by atoms with Gasteiger partial charge in [-0.1, -0.05) is 5.16 Å². The third kappa shape index (κ3) is 9.72. The minimum absolute atomic E-state index is 0.477. The van der Waals surface area contributed by atoms with Gasteiger partial charge in [0, 0.05) is 13.8 Å². The van der Waals surface area contributed by atoms with Crippen molar-refractivity contribution >= 4 is 31.5 Å². The quantitative estimate of drug-likeness (QED) is 0.118. The molecular weight excluding hydrogens is 423 g/mol. The summed E-state index contributed by atoms with van der Waals surface area (Å²) < 4.78 is 70.8. The van der Waals surface area contributed by atoms with Gasteiger partial charge < -0.3 is 9.47 Å². The number of nitrogens with zero attached hydrogens (tertiary/aromatic N) is 3. The normalized spacial score (nSPS) is 21.4. The summed E-state index contributed by atoms with van der Waals surface area (Å²) in [7, 11) is -7.06. The molecule has 2 fully saturated rings. The minimum atomic E-state index is -10.7. The van der Waals surface area contributed by atoms with Crippen molar-refractivity contribution < 1.29 is 53.7 Å². The maximum atomic E-state index is 11.8. The molecule has 2 aliphatic heterocycles. The second-order valence-corrected chi connectivity index (χ2v) is 8.46. The van der Waals surface area contributed by atoms with Crippen LogP contribution in [0.15, 0.2) is 5.16 Å². The molecule has 0 aromatic heterocycles. The van der Waals surface area contributed by atoms with E-state index < -0.39 is 31.2 Å². The van der Waals surface area contributed by atoms with Crippen molar-refractivity contribution in [3.63, 3.8) is 0 Å². The molecule has 0 radical (unpaired) electrons. The van der Waals surface area contributed by atoms with Crippen molar-refractivity contribution in [3.8, 4) is 0 Å². The number of esters is 2. The third-order valence-corrected chi connectivity index (χ3v) is 3.04. The molecule has 0 bridgehead atoms. The summed E-state index contributed by atoms with van der Waals surface area (Å²) in [5.41, 5.74) is -0.493. The molecular formula is C13H20F6N3O5P. The van der Waals surface area contributed by atoms with Crippen molar-refractivity contribution in [2.75, 3.05) is 27.2 Å². The summed E-state index contributed by atoms with van der Waals surface area (Å²) in [6.07, 6.45) is 2.13. The topological polar surface area (TPSA) is 80.4 Å². The zero-order valence-corrected chi connectivity index (χ0v) is 16.3. The van der Waals surface area contributed by atoms with Gasteiger partial charge in [0.2, 0.25) is 0 Å². The molecule has 8 nitrogen and oxygen atoms in total. The van der Waals surface area contributed by atoms with Gasteiger partial charge in [0.15, 0.2) is 0 Å². The van der Waals surface area contributed by atoms with Gasteiger partial charge in [-0.15, -0.1) is 0 Å². The van der Waals surface area contributed by atoms with E-state index in [9.17, 15) is 34.8 Å². The summed E-state index contributed by atoms with van der Waals surface area (Å²) in [6, 6.07) is 0.477. The van der Waals surface area contributed by atoms with E-state index in [4.69, 9.17) is 14.3 Å². The number of hydrogen-bond acceptors (Lipinski definition) is 6. The monoisotopic (exact) mass is 443 g/mol. The van der Waals surface area contributed by atoms with Crippen molar-refractivity contribution in [3.05, 3.63) is 0 Å². The molecule has 0 aromatic carbocycles. The molecule has 0 amide bonds. The molecule has 0 aromatic rings. The fourth-order valence-electron chi connectivity index (χ4n) is 2.14. The van der Waals surface area contributed by atoms with Crippen LogP contribution < -0.4 is 0 Å². The summed E-state index contributed by atoms with van der Waals surface area (Å²) in [5.74, 6) is -2.98. The van der Waals surface area contributed by atoms with E-state index in [0.717, 1.165) is 25.9 Å². The van der Waals surface area contributed by atoms with Crippen molar-refractivity contribution in [2.45, 2.75) is 32.5 Å². The molecule has 0 aliphatic carbocycles. The molecule has 2 rings (SSSR count). The second-order valence-electron chi connectivity index (χ2n) is 6.54. The fraction of sp³-hybridized carbons (Fsp3) is 0.692. The molecule has 0 N–H and O–H groups in total. The number of amidine groups is 1. The van der Waals surface area contributed by atoms with Crippen LogP contribution in [0.25, 0.3) is 0 Å². The van der Waals surface area contributed by atoms with Crippen LogP contribution in [0.3, 0.4) is 0 Å². The van der Waals surface area contributed by atoms with Gasteiger partial charge in [-0.3, -0.25) is 4.84 Å². The molecule has 2 heterocycles. The molecule has 2 aliphatic rings. The van der Waals surface area contributed by atoms with Gasteiger partial charge >= 0.3 is 51.0 Å². The average Bonchev–Trinajstić information content (AvgIpc) is 2.90. The first-order chi connectivity index (χ1) is 12.2.